The van der Waals surface area contributed by atoms with Crippen LogP contribution >= 0.6 is 0 Å². The summed E-state index contributed by atoms with van der Waals surface area (Å²) < 4.78 is 5.16. The molecule has 1 atom stereocenters. The van der Waals surface area contributed by atoms with Gasteiger partial charge in [0.1, 0.15) is 11.8 Å². The third kappa shape index (κ3) is 4.36. The highest BCUT2D eigenvalue weighted by atomic mass is 16.5. The first-order chi connectivity index (χ1) is 13.1. The number of rotatable bonds is 5. The second kappa shape index (κ2) is 8.52. The first kappa shape index (κ1) is 18.7. The van der Waals surface area contributed by atoms with Crippen molar-refractivity contribution in [2.45, 2.75) is 13.0 Å². The molecular formula is C22H23N3O2. The Balaban J connectivity index is 1.64. The highest BCUT2D eigenvalue weighted by molar-refractivity contribution is 5.96. The molecule has 0 bridgehead atoms. The van der Waals surface area contributed by atoms with Gasteiger partial charge in [-0.2, -0.15) is 5.26 Å². The first-order valence-corrected chi connectivity index (χ1v) is 8.96. The number of piperazine rings is 1. The number of nitriles is 1. The number of ether oxygens (including phenoxy) is 1. The van der Waals surface area contributed by atoms with E-state index in [1.165, 1.54) is 0 Å². The molecule has 0 saturated carbocycles. The average Bonchev–Trinajstić information content (AvgIpc) is 2.70. The normalized spacial score (nSPS) is 17.9. The Bertz CT molecular complexity index is 868. The lowest BCUT2D eigenvalue weighted by Crippen LogP contribution is -2.55. The molecule has 0 radical (unpaired) electrons. The molecule has 27 heavy (non-hydrogen) atoms. The van der Waals surface area contributed by atoms with Crippen LogP contribution in [0.5, 0.6) is 5.75 Å². The molecule has 3 rings (SSSR count). The van der Waals surface area contributed by atoms with Crippen LogP contribution in [0.1, 0.15) is 18.1 Å². The number of benzene rings is 2. The number of anilines is 1. The molecule has 1 amide bonds. The van der Waals surface area contributed by atoms with Gasteiger partial charge in [-0.3, -0.25) is 9.69 Å². The zero-order valence-corrected chi connectivity index (χ0v) is 15.6. The van der Waals surface area contributed by atoms with Gasteiger partial charge in [-0.1, -0.05) is 36.4 Å². The monoisotopic (exact) mass is 361 g/mol. The Hall–Kier alpha value is -3.10. The molecule has 1 saturated heterocycles. The Kier molecular flexibility index (Phi) is 5.90. The summed E-state index contributed by atoms with van der Waals surface area (Å²) in [7, 11) is 1.65. The fourth-order valence-corrected chi connectivity index (χ4v) is 3.22. The molecule has 0 spiro atoms. The molecule has 5 nitrogen and oxygen atoms in total. The van der Waals surface area contributed by atoms with Crippen molar-refractivity contribution in [1.82, 2.24) is 4.90 Å². The minimum absolute atomic E-state index is 0.0219. The Morgan fingerprint density at radius 1 is 1.22 bits per heavy atom. The SMILES string of the molecule is COc1ccc(/C=C/CN2CC(=O)N(c3ccccc3C#N)C[C@H]2C)cc1. The fraction of sp³-hybridized carbons (Fsp3) is 0.273. The van der Waals surface area contributed by atoms with Crippen molar-refractivity contribution in [3.8, 4) is 11.8 Å². The number of amides is 1. The van der Waals surface area contributed by atoms with E-state index >= 15 is 0 Å². The molecule has 2 aromatic carbocycles. The van der Waals surface area contributed by atoms with Crippen LogP contribution in [0.3, 0.4) is 0 Å². The van der Waals surface area contributed by atoms with E-state index in [1.54, 1.807) is 18.1 Å². The lowest BCUT2D eigenvalue weighted by Gasteiger charge is -2.39. The van der Waals surface area contributed by atoms with E-state index in [9.17, 15) is 10.1 Å². The van der Waals surface area contributed by atoms with E-state index in [0.29, 0.717) is 30.9 Å². The summed E-state index contributed by atoms with van der Waals surface area (Å²) in [6.45, 7) is 3.73. The van der Waals surface area contributed by atoms with Gasteiger partial charge in [-0.15, -0.1) is 0 Å². The number of carbonyl (C=O) groups is 1. The average molecular weight is 361 g/mol. The van der Waals surface area contributed by atoms with Gasteiger partial charge in [-0.25, -0.2) is 0 Å². The summed E-state index contributed by atoms with van der Waals surface area (Å²) in [6, 6.07) is 17.5. The van der Waals surface area contributed by atoms with Crippen molar-refractivity contribution in [1.29, 1.82) is 5.26 Å². The van der Waals surface area contributed by atoms with Crippen LogP contribution < -0.4 is 9.64 Å². The molecule has 5 heteroatoms. The molecule has 0 N–H and O–H groups in total. The molecule has 0 unspecified atom stereocenters. The van der Waals surface area contributed by atoms with Gasteiger partial charge in [0.25, 0.3) is 0 Å². The summed E-state index contributed by atoms with van der Waals surface area (Å²) in [5, 5.41) is 9.30. The number of hydrogen-bond donors (Lipinski definition) is 0. The Morgan fingerprint density at radius 3 is 2.67 bits per heavy atom. The van der Waals surface area contributed by atoms with E-state index in [4.69, 9.17) is 4.74 Å². The summed E-state index contributed by atoms with van der Waals surface area (Å²) in [4.78, 5) is 16.5. The largest absolute Gasteiger partial charge is 0.497 e. The summed E-state index contributed by atoms with van der Waals surface area (Å²) in [5.41, 5.74) is 2.33. The minimum atomic E-state index is 0.0219. The minimum Gasteiger partial charge on any atom is -0.497 e. The van der Waals surface area contributed by atoms with Gasteiger partial charge in [-0.05, 0) is 36.8 Å². The van der Waals surface area contributed by atoms with Gasteiger partial charge < -0.3 is 9.64 Å². The number of methoxy groups -OCH3 is 1. The molecule has 0 aliphatic carbocycles. The third-order valence-corrected chi connectivity index (χ3v) is 4.79. The van der Waals surface area contributed by atoms with Crippen LogP contribution in [0.25, 0.3) is 6.08 Å². The molecule has 1 heterocycles. The van der Waals surface area contributed by atoms with E-state index in [2.05, 4.69) is 24.0 Å². The molecule has 138 valence electrons. The second-order valence-corrected chi connectivity index (χ2v) is 6.59. The van der Waals surface area contributed by atoms with Crippen LogP contribution in [0.15, 0.2) is 54.6 Å². The van der Waals surface area contributed by atoms with Gasteiger partial charge in [0.2, 0.25) is 5.91 Å². The maximum absolute atomic E-state index is 12.7. The summed E-state index contributed by atoms with van der Waals surface area (Å²) in [5.74, 6) is 0.855. The second-order valence-electron chi connectivity index (χ2n) is 6.59. The van der Waals surface area contributed by atoms with Crippen LogP contribution in [-0.2, 0) is 4.79 Å². The van der Waals surface area contributed by atoms with E-state index < -0.39 is 0 Å². The maximum atomic E-state index is 12.7. The van der Waals surface area contributed by atoms with Crippen molar-refractivity contribution >= 4 is 17.7 Å². The topological polar surface area (TPSA) is 56.6 Å². The van der Waals surface area contributed by atoms with Crippen molar-refractivity contribution in [2.75, 3.05) is 31.6 Å². The van der Waals surface area contributed by atoms with E-state index in [1.807, 2.05) is 48.5 Å². The standard InChI is InChI=1S/C22H23N3O2/c1-17-15-25(21-8-4-3-7-19(21)14-23)22(26)16-24(17)13-5-6-18-9-11-20(27-2)12-10-18/h3-12,17H,13,15-16H2,1-2H3/b6-5+/t17-/m1/s1. The number of hydrogen-bond acceptors (Lipinski definition) is 4. The van der Waals surface area contributed by atoms with Gasteiger partial charge in [0.05, 0.1) is 24.9 Å². The van der Waals surface area contributed by atoms with Crippen LogP contribution in [0.2, 0.25) is 0 Å². The van der Waals surface area contributed by atoms with Gasteiger partial charge in [0.15, 0.2) is 0 Å². The highest BCUT2D eigenvalue weighted by Crippen LogP contribution is 2.24. The molecule has 1 aliphatic rings. The van der Waals surface area contributed by atoms with Crippen LogP contribution in [-0.4, -0.2) is 43.6 Å². The molecule has 0 aromatic heterocycles. The Labute approximate surface area is 160 Å². The molecule has 1 fully saturated rings. The van der Waals surface area contributed by atoms with Crippen LogP contribution in [0, 0.1) is 11.3 Å². The van der Waals surface area contributed by atoms with Crippen molar-refractivity contribution in [3.63, 3.8) is 0 Å². The highest BCUT2D eigenvalue weighted by Gasteiger charge is 2.30. The van der Waals surface area contributed by atoms with Crippen molar-refractivity contribution in [3.05, 3.63) is 65.7 Å². The smallest absolute Gasteiger partial charge is 0.241 e. The van der Waals surface area contributed by atoms with Crippen LogP contribution in [0.4, 0.5) is 5.69 Å². The number of carbonyl (C=O) groups excluding carboxylic acids is 1. The summed E-state index contributed by atoms with van der Waals surface area (Å²) in [6.07, 6.45) is 4.12. The molecule has 2 aromatic rings. The number of nitrogens with zero attached hydrogens (tertiary/aromatic N) is 3. The fourth-order valence-electron chi connectivity index (χ4n) is 3.22. The Morgan fingerprint density at radius 2 is 1.96 bits per heavy atom. The predicted octanol–water partition coefficient (Wildman–Crippen LogP) is 3.32. The van der Waals surface area contributed by atoms with E-state index in [-0.39, 0.29) is 11.9 Å². The number of para-hydroxylation sites is 1. The zero-order chi connectivity index (χ0) is 19.2. The third-order valence-electron chi connectivity index (χ3n) is 4.79. The molecule has 1 aliphatic heterocycles. The zero-order valence-electron chi connectivity index (χ0n) is 15.6. The van der Waals surface area contributed by atoms with Crippen molar-refractivity contribution in [2.24, 2.45) is 0 Å². The lowest BCUT2D eigenvalue weighted by molar-refractivity contribution is -0.122. The van der Waals surface area contributed by atoms with Gasteiger partial charge >= 0.3 is 0 Å². The first-order valence-electron chi connectivity index (χ1n) is 8.96. The van der Waals surface area contributed by atoms with Gasteiger partial charge in [0, 0.05) is 19.1 Å². The van der Waals surface area contributed by atoms with E-state index in [0.717, 1.165) is 11.3 Å². The summed E-state index contributed by atoms with van der Waals surface area (Å²) >= 11 is 0. The predicted molar refractivity (Wildman–Crippen MR) is 107 cm³/mol. The molecular weight excluding hydrogens is 338 g/mol. The quantitative estimate of drug-likeness (QED) is 0.820. The van der Waals surface area contributed by atoms with Crippen molar-refractivity contribution < 1.29 is 9.53 Å². The maximum Gasteiger partial charge on any atom is 0.241 e. The lowest BCUT2D eigenvalue weighted by atomic mass is 10.1.